The minimum absolute atomic E-state index is 0.292. The lowest BCUT2D eigenvalue weighted by Gasteiger charge is -2.28. The predicted molar refractivity (Wildman–Crippen MR) is 104 cm³/mol. The van der Waals surface area contributed by atoms with E-state index in [0.29, 0.717) is 0 Å². The summed E-state index contributed by atoms with van der Waals surface area (Å²) in [6, 6.07) is 12.4. The van der Waals surface area contributed by atoms with Crippen molar-refractivity contribution in [1.82, 2.24) is 0 Å². The van der Waals surface area contributed by atoms with E-state index in [1.807, 2.05) is 18.2 Å². The van der Waals surface area contributed by atoms with Gasteiger partial charge in [-0.25, -0.2) is 0 Å². The van der Waals surface area contributed by atoms with Gasteiger partial charge in [0.25, 0.3) is 0 Å². The normalized spacial score (nSPS) is 20.0. The third-order valence-corrected chi connectivity index (χ3v) is 8.20. The third-order valence-electron chi connectivity index (χ3n) is 5.36. The van der Waals surface area contributed by atoms with Gasteiger partial charge in [-0.15, -0.1) is 0 Å². The first kappa shape index (κ1) is 16.7. The van der Waals surface area contributed by atoms with Crippen LogP contribution in [0.5, 0.6) is 17.2 Å². The molecular formula is C21H25O3P. The first-order valence-electron chi connectivity index (χ1n) is 9.07. The summed E-state index contributed by atoms with van der Waals surface area (Å²) in [6.07, 6.45) is 7.65. The van der Waals surface area contributed by atoms with Crippen LogP contribution >= 0.6 is 7.92 Å². The van der Waals surface area contributed by atoms with Crippen molar-refractivity contribution in [2.45, 2.75) is 37.8 Å². The Balaban J connectivity index is 1.84. The molecule has 0 saturated heterocycles. The summed E-state index contributed by atoms with van der Waals surface area (Å²) in [7, 11) is 3.16. The molecule has 0 unspecified atom stereocenters. The summed E-state index contributed by atoms with van der Waals surface area (Å²) in [5, 5.41) is 1.41. The molecule has 2 aliphatic rings. The van der Waals surface area contributed by atoms with Crippen molar-refractivity contribution in [2.24, 2.45) is 0 Å². The highest BCUT2D eigenvalue weighted by atomic mass is 31.1. The molecule has 4 heteroatoms. The van der Waals surface area contributed by atoms with Gasteiger partial charge in [-0.1, -0.05) is 37.5 Å². The van der Waals surface area contributed by atoms with Gasteiger partial charge in [-0.3, -0.25) is 0 Å². The van der Waals surface area contributed by atoms with Crippen LogP contribution < -0.4 is 19.5 Å². The molecule has 25 heavy (non-hydrogen) atoms. The van der Waals surface area contributed by atoms with E-state index in [9.17, 15) is 0 Å². The van der Waals surface area contributed by atoms with Crippen LogP contribution in [0, 0.1) is 0 Å². The smallest absolute Gasteiger partial charge is 0.130 e. The number of rotatable bonds is 4. The van der Waals surface area contributed by atoms with Gasteiger partial charge in [-0.05, 0) is 44.6 Å². The van der Waals surface area contributed by atoms with E-state index in [-0.39, 0.29) is 7.92 Å². The largest absolute Gasteiger partial charge is 0.496 e. The van der Waals surface area contributed by atoms with Crippen LogP contribution in [0.15, 0.2) is 36.4 Å². The lowest BCUT2D eigenvalue weighted by atomic mass is 10.0. The van der Waals surface area contributed by atoms with E-state index in [2.05, 4.69) is 18.2 Å². The average molecular weight is 356 g/mol. The number of fused-ring (bicyclic) bond motifs is 1. The van der Waals surface area contributed by atoms with Crippen LogP contribution in [0.4, 0.5) is 0 Å². The molecular weight excluding hydrogens is 331 g/mol. The average Bonchev–Trinajstić information content (AvgIpc) is 3.12. The summed E-state index contributed by atoms with van der Waals surface area (Å²) >= 11 is 0. The van der Waals surface area contributed by atoms with E-state index in [1.165, 1.54) is 43.0 Å². The Morgan fingerprint density at radius 1 is 0.920 bits per heavy atom. The highest BCUT2D eigenvalue weighted by molar-refractivity contribution is 7.67. The minimum atomic E-state index is -0.292. The molecule has 1 atom stereocenters. The van der Waals surface area contributed by atoms with E-state index in [0.717, 1.165) is 34.8 Å². The minimum Gasteiger partial charge on any atom is -0.496 e. The number of hydrogen-bond acceptors (Lipinski definition) is 3. The zero-order valence-corrected chi connectivity index (χ0v) is 15.9. The molecule has 0 bridgehead atoms. The highest BCUT2D eigenvalue weighted by Crippen LogP contribution is 2.55. The Morgan fingerprint density at radius 3 is 2.28 bits per heavy atom. The Kier molecular flexibility index (Phi) is 4.85. The van der Waals surface area contributed by atoms with Crippen molar-refractivity contribution in [3.05, 3.63) is 36.4 Å². The molecule has 2 aromatic carbocycles. The Labute approximate surface area is 151 Å². The van der Waals surface area contributed by atoms with E-state index >= 15 is 0 Å². The van der Waals surface area contributed by atoms with Gasteiger partial charge in [-0.2, -0.15) is 0 Å². The number of benzene rings is 2. The maximum Gasteiger partial charge on any atom is 0.130 e. The topological polar surface area (TPSA) is 27.7 Å². The Bertz CT molecular complexity index is 731. The van der Waals surface area contributed by atoms with Crippen LogP contribution in [-0.4, -0.2) is 26.2 Å². The van der Waals surface area contributed by atoms with Gasteiger partial charge in [0, 0.05) is 10.9 Å². The zero-order chi connectivity index (χ0) is 17.2. The van der Waals surface area contributed by atoms with Gasteiger partial charge in [0.05, 0.1) is 19.8 Å². The van der Waals surface area contributed by atoms with Crippen molar-refractivity contribution in [2.75, 3.05) is 20.6 Å². The molecule has 0 radical (unpaired) electrons. The summed E-state index contributed by atoms with van der Waals surface area (Å²) in [5.74, 6) is 2.78. The number of ether oxygens (including phenoxy) is 3. The summed E-state index contributed by atoms with van der Waals surface area (Å²) in [5.41, 5.74) is 3.06. The molecule has 0 N–H and O–H groups in total. The van der Waals surface area contributed by atoms with E-state index < -0.39 is 0 Å². The fraction of sp³-hybridized carbons (Fsp3) is 0.429. The third kappa shape index (κ3) is 3.00. The second-order valence-corrected chi connectivity index (χ2v) is 9.10. The van der Waals surface area contributed by atoms with Gasteiger partial charge >= 0.3 is 0 Å². The summed E-state index contributed by atoms with van der Waals surface area (Å²) < 4.78 is 17.5. The summed E-state index contributed by atoms with van der Waals surface area (Å²) in [6.45, 7) is 0. The van der Waals surface area contributed by atoms with E-state index in [1.54, 1.807) is 14.2 Å². The second-order valence-electron chi connectivity index (χ2n) is 6.72. The first-order valence-corrected chi connectivity index (χ1v) is 10.7. The fourth-order valence-electron chi connectivity index (χ4n) is 4.14. The molecule has 0 amide bonds. The molecule has 1 saturated carbocycles. The Hall–Kier alpha value is -1.73. The van der Waals surface area contributed by atoms with Crippen LogP contribution in [0.2, 0.25) is 0 Å². The molecule has 0 spiro atoms. The zero-order valence-electron chi connectivity index (χ0n) is 15.0. The van der Waals surface area contributed by atoms with E-state index in [4.69, 9.17) is 14.2 Å². The van der Waals surface area contributed by atoms with Crippen molar-refractivity contribution in [3.63, 3.8) is 0 Å². The van der Waals surface area contributed by atoms with Gasteiger partial charge in [0.15, 0.2) is 0 Å². The lowest BCUT2D eigenvalue weighted by molar-refractivity contribution is 0.396. The first-order chi connectivity index (χ1) is 12.3. The standard InChI is InChI=1S/C21H25O3P/c1-22-17-11-7-12-18(23-2)20(17)16-10-6-13-19-21(16)25(14-24-19)15-8-4-3-5-9-15/h6-7,10-13,15H,3-5,8-9,14H2,1-2H3/t25-/m0/s1. The van der Waals surface area contributed by atoms with Crippen molar-refractivity contribution in [1.29, 1.82) is 0 Å². The monoisotopic (exact) mass is 356 g/mol. The molecule has 1 aliphatic carbocycles. The molecule has 1 aliphatic heterocycles. The highest BCUT2D eigenvalue weighted by Gasteiger charge is 2.35. The van der Waals surface area contributed by atoms with Gasteiger partial charge in [0.2, 0.25) is 0 Å². The van der Waals surface area contributed by atoms with Crippen LogP contribution in [-0.2, 0) is 0 Å². The van der Waals surface area contributed by atoms with Crippen LogP contribution in [0.3, 0.4) is 0 Å². The van der Waals surface area contributed by atoms with Gasteiger partial charge in [0.1, 0.15) is 23.6 Å². The Morgan fingerprint density at radius 2 is 1.60 bits per heavy atom. The number of hydrogen-bond donors (Lipinski definition) is 0. The number of methoxy groups -OCH3 is 2. The fourth-order valence-corrected chi connectivity index (χ4v) is 7.03. The van der Waals surface area contributed by atoms with Crippen molar-refractivity contribution < 1.29 is 14.2 Å². The maximum atomic E-state index is 6.12. The van der Waals surface area contributed by atoms with Gasteiger partial charge < -0.3 is 14.2 Å². The SMILES string of the molecule is COc1cccc(OC)c1-c1cccc2c1[P@](C1CCCCC1)CO2. The molecule has 1 fully saturated rings. The maximum absolute atomic E-state index is 6.12. The summed E-state index contributed by atoms with van der Waals surface area (Å²) in [4.78, 5) is 0. The molecule has 3 nitrogen and oxygen atoms in total. The second kappa shape index (κ2) is 7.25. The van der Waals surface area contributed by atoms with Crippen LogP contribution in [0.25, 0.3) is 11.1 Å². The van der Waals surface area contributed by atoms with Crippen molar-refractivity contribution in [3.8, 4) is 28.4 Å². The molecule has 132 valence electrons. The predicted octanol–water partition coefficient (Wildman–Crippen LogP) is 5.16. The quantitative estimate of drug-likeness (QED) is 0.708. The molecule has 1 heterocycles. The molecule has 4 rings (SSSR count). The van der Waals surface area contributed by atoms with Crippen molar-refractivity contribution >= 4 is 13.2 Å². The van der Waals surface area contributed by atoms with Crippen LogP contribution in [0.1, 0.15) is 32.1 Å². The lowest BCUT2D eigenvalue weighted by Crippen LogP contribution is -2.17. The molecule has 2 aromatic rings. The molecule has 0 aromatic heterocycles.